The summed E-state index contributed by atoms with van der Waals surface area (Å²) in [5, 5.41) is 0. The summed E-state index contributed by atoms with van der Waals surface area (Å²) in [6.45, 7) is 0. The Balaban J connectivity index is 0. The van der Waals surface area contributed by atoms with Crippen molar-refractivity contribution in [3.63, 3.8) is 0 Å². The van der Waals surface area contributed by atoms with Gasteiger partial charge in [0.05, 0.1) is 0 Å². The molecule has 0 heterocycles. The number of rotatable bonds is 1. The summed E-state index contributed by atoms with van der Waals surface area (Å²) in [6, 6.07) is 7.21. The SMILES string of the molecule is Bc1cccc(C(N)=O)c1.O.O. The monoisotopic (exact) mass is 169 g/mol. The molecule has 0 aliphatic heterocycles. The van der Waals surface area contributed by atoms with Gasteiger partial charge in [0.2, 0.25) is 5.91 Å². The molecule has 1 aromatic carbocycles. The molecule has 0 saturated heterocycles. The molecule has 4 nitrogen and oxygen atoms in total. The first-order chi connectivity index (χ1) is 4.70. The number of primary amides is 1. The van der Waals surface area contributed by atoms with E-state index in [-0.39, 0.29) is 16.9 Å². The lowest BCUT2D eigenvalue weighted by Gasteiger charge is -1.94. The maximum Gasteiger partial charge on any atom is 0.248 e. The Morgan fingerprint density at radius 2 is 1.92 bits per heavy atom. The zero-order valence-electron chi connectivity index (χ0n) is 6.79. The highest BCUT2D eigenvalue weighted by Crippen LogP contribution is 1.92. The second-order valence-electron chi connectivity index (χ2n) is 2.23. The van der Waals surface area contributed by atoms with E-state index in [1.54, 1.807) is 12.1 Å². The lowest BCUT2D eigenvalue weighted by molar-refractivity contribution is 0.100. The summed E-state index contributed by atoms with van der Waals surface area (Å²) in [5.74, 6) is -0.372. The van der Waals surface area contributed by atoms with E-state index in [9.17, 15) is 4.79 Å². The van der Waals surface area contributed by atoms with Gasteiger partial charge in [0.25, 0.3) is 0 Å². The minimum absolute atomic E-state index is 0. The molecule has 1 rings (SSSR count). The van der Waals surface area contributed by atoms with E-state index >= 15 is 0 Å². The second-order valence-corrected chi connectivity index (χ2v) is 2.23. The Morgan fingerprint density at radius 1 is 1.33 bits per heavy atom. The van der Waals surface area contributed by atoms with Gasteiger partial charge in [-0.2, -0.15) is 0 Å². The van der Waals surface area contributed by atoms with Crippen molar-refractivity contribution in [1.82, 2.24) is 0 Å². The van der Waals surface area contributed by atoms with E-state index in [0.29, 0.717) is 5.56 Å². The van der Waals surface area contributed by atoms with Crippen LogP contribution in [-0.4, -0.2) is 24.7 Å². The van der Waals surface area contributed by atoms with Crippen LogP contribution in [0, 0.1) is 0 Å². The minimum Gasteiger partial charge on any atom is -0.412 e. The van der Waals surface area contributed by atoms with Crippen molar-refractivity contribution < 1.29 is 15.7 Å². The van der Waals surface area contributed by atoms with E-state index in [2.05, 4.69) is 0 Å². The zero-order valence-corrected chi connectivity index (χ0v) is 6.79. The number of hydrogen-bond donors (Lipinski definition) is 1. The molecule has 0 unspecified atom stereocenters. The van der Waals surface area contributed by atoms with Crippen molar-refractivity contribution >= 4 is 19.2 Å². The van der Waals surface area contributed by atoms with Crippen LogP contribution >= 0.6 is 0 Å². The Morgan fingerprint density at radius 3 is 2.25 bits per heavy atom. The fraction of sp³-hybridized carbons (Fsp3) is 0. The van der Waals surface area contributed by atoms with Crippen LogP contribution < -0.4 is 11.2 Å². The number of carbonyl (C=O) groups excluding carboxylic acids is 1. The van der Waals surface area contributed by atoms with Gasteiger partial charge in [0.1, 0.15) is 7.85 Å². The molecule has 0 aliphatic rings. The number of nitrogens with two attached hydrogens (primary N) is 1. The summed E-state index contributed by atoms with van der Waals surface area (Å²) in [6.07, 6.45) is 0. The molecule has 1 aromatic rings. The Bertz CT molecular complexity index is 265. The second kappa shape index (κ2) is 5.34. The molecule has 6 N–H and O–H groups in total. The summed E-state index contributed by atoms with van der Waals surface area (Å²) in [4.78, 5) is 10.6. The average molecular weight is 169 g/mol. The predicted octanol–water partition coefficient (Wildman–Crippen LogP) is -2.61. The fourth-order valence-corrected chi connectivity index (χ4v) is 0.798. The molecule has 0 fully saturated rings. The first kappa shape index (κ1) is 13.3. The lowest BCUT2D eigenvalue weighted by Crippen LogP contribution is -2.14. The highest BCUT2D eigenvalue weighted by Gasteiger charge is 1.96. The smallest absolute Gasteiger partial charge is 0.248 e. The van der Waals surface area contributed by atoms with E-state index in [0.717, 1.165) is 5.46 Å². The largest absolute Gasteiger partial charge is 0.412 e. The molecule has 0 aromatic heterocycles. The predicted molar refractivity (Wildman–Crippen MR) is 50.4 cm³/mol. The molecule has 66 valence electrons. The van der Waals surface area contributed by atoms with Crippen LogP contribution in [-0.2, 0) is 0 Å². The van der Waals surface area contributed by atoms with Gasteiger partial charge in [-0.1, -0.05) is 23.7 Å². The molecule has 0 bridgehead atoms. The Hall–Kier alpha value is -1.33. The van der Waals surface area contributed by atoms with Gasteiger partial charge in [-0.3, -0.25) is 4.79 Å². The van der Waals surface area contributed by atoms with Crippen molar-refractivity contribution in [3.05, 3.63) is 29.8 Å². The third-order valence-electron chi connectivity index (χ3n) is 1.30. The van der Waals surface area contributed by atoms with E-state index in [1.165, 1.54) is 0 Å². The number of benzene rings is 1. The van der Waals surface area contributed by atoms with Crippen molar-refractivity contribution in [2.24, 2.45) is 5.73 Å². The van der Waals surface area contributed by atoms with E-state index in [4.69, 9.17) is 5.73 Å². The molecule has 0 spiro atoms. The van der Waals surface area contributed by atoms with Crippen molar-refractivity contribution in [2.75, 3.05) is 0 Å². The first-order valence-corrected chi connectivity index (χ1v) is 3.06. The Kier molecular flexibility index (Phi) is 5.91. The molecule has 0 saturated carbocycles. The van der Waals surface area contributed by atoms with Gasteiger partial charge in [0, 0.05) is 5.56 Å². The first-order valence-electron chi connectivity index (χ1n) is 3.06. The molecular formula is C7H12BNO3. The van der Waals surface area contributed by atoms with Crippen LogP contribution in [0.25, 0.3) is 0 Å². The molecule has 0 radical (unpaired) electrons. The van der Waals surface area contributed by atoms with E-state index in [1.807, 2.05) is 20.0 Å². The zero-order chi connectivity index (χ0) is 7.56. The quantitative estimate of drug-likeness (QED) is 0.457. The van der Waals surface area contributed by atoms with Gasteiger partial charge in [-0.05, 0) is 6.07 Å². The van der Waals surface area contributed by atoms with E-state index < -0.39 is 0 Å². The van der Waals surface area contributed by atoms with Crippen molar-refractivity contribution in [1.29, 1.82) is 0 Å². The Labute approximate surface area is 71.4 Å². The average Bonchev–Trinajstić information content (AvgIpc) is 1.88. The normalized spacial score (nSPS) is 7.67. The standard InChI is InChI=1S/C7H8BNO.2H2O/c8-6-3-1-2-5(4-6)7(9)10;;/h1-4H,8H2,(H2,9,10);2*1H2. The minimum atomic E-state index is -0.372. The fourth-order valence-electron chi connectivity index (χ4n) is 0.798. The molecule has 0 aliphatic carbocycles. The highest BCUT2D eigenvalue weighted by atomic mass is 16.1. The van der Waals surface area contributed by atoms with Gasteiger partial charge in [-0.25, -0.2) is 0 Å². The van der Waals surface area contributed by atoms with Crippen molar-refractivity contribution in [2.45, 2.75) is 0 Å². The summed E-state index contributed by atoms with van der Waals surface area (Å²) >= 11 is 0. The lowest BCUT2D eigenvalue weighted by atomic mass is 9.94. The van der Waals surface area contributed by atoms with Crippen LogP contribution in [0.15, 0.2) is 24.3 Å². The van der Waals surface area contributed by atoms with Gasteiger partial charge in [-0.15, -0.1) is 0 Å². The number of amides is 1. The molecular weight excluding hydrogens is 157 g/mol. The third kappa shape index (κ3) is 3.18. The summed E-state index contributed by atoms with van der Waals surface area (Å²) < 4.78 is 0. The molecule has 5 heteroatoms. The van der Waals surface area contributed by atoms with Gasteiger partial charge >= 0.3 is 0 Å². The summed E-state index contributed by atoms with van der Waals surface area (Å²) in [7, 11) is 1.92. The van der Waals surface area contributed by atoms with Crippen LogP contribution in [0.1, 0.15) is 10.4 Å². The van der Waals surface area contributed by atoms with Crippen LogP contribution in [0.5, 0.6) is 0 Å². The topological polar surface area (TPSA) is 106 Å². The van der Waals surface area contributed by atoms with Crippen molar-refractivity contribution in [3.8, 4) is 0 Å². The highest BCUT2D eigenvalue weighted by molar-refractivity contribution is 6.32. The molecule has 0 atom stereocenters. The number of carbonyl (C=O) groups is 1. The van der Waals surface area contributed by atoms with Gasteiger partial charge in [0.15, 0.2) is 0 Å². The van der Waals surface area contributed by atoms with Crippen LogP contribution in [0.4, 0.5) is 0 Å². The summed E-state index contributed by atoms with van der Waals surface area (Å²) in [5.41, 5.74) is 6.67. The third-order valence-corrected chi connectivity index (χ3v) is 1.30. The molecule has 1 amide bonds. The maximum absolute atomic E-state index is 10.6. The van der Waals surface area contributed by atoms with Crippen LogP contribution in [0.2, 0.25) is 0 Å². The van der Waals surface area contributed by atoms with Crippen LogP contribution in [0.3, 0.4) is 0 Å². The maximum atomic E-state index is 10.6. The van der Waals surface area contributed by atoms with Gasteiger partial charge < -0.3 is 16.7 Å². The molecule has 12 heavy (non-hydrogen) atoms. The number of hydrogen-bond acceptors (Lipinski definition) is 1.